The second-order valence-electron chi connectivity index (χ2n) is 4.95. The third-order valence-electron chi connectivity index (χ3n) is 3.66. The van der Waals surface area contributed by atoms with E-state index >= 15 is 0 Å². The lowest BCUT2D eigenvalue weighted by Crippen LogP contribution is -2.39. The molecule has 21 heavy (non-hydrogen) atoms. The molecule has 112 valence electrons. The first-order chi connectivity index (χ1) is 10.2. The van der Waals surface area contributed by atoms with Crippen LogP contribution in [0.2, 0.25) is 5.02 Å². The molecular weight excluding hydrogens is 297 g/mol. The Morgan fingerprint density at radius 3 is 3.05 bits per heavy atom. The summed E-state index contributed by atoms with van der Waals surface area (Å²) in [4.78, 5) is 4.39. The zero-order valence-corrected chi connectivity index (χ0v) is 12.2. The molecule has 1 aromatic heterocycles. The number of likely N-dealkylation sites (N-methyl/N-ethyl adjacent to an activating group) is 1. The van der Waals surface area contributed by atoms with Gasteiger partial charge in [-0.3, -0.25) is 0 Å². The molecule has 3 rings (SSSR count). The van der Waals surface area contributed by atoms with Gasteiger partial charge in [-0.1, -0.05) is 16.8 Å². The lowest BCUT2D eigenvalue weighted by atomic mass is 9.96. The van der Waals surface area contributed by atoms with Gasteiger partial charge in [0, 0.05) is 18.2 Å². The Hall–Kier alpha value is -1.50. The van der Waals surface area contributed by atoms with E-state index in [0.717, 1.165) is 13.0 Å². The zero-order valence-electron chi connectivity index (χ0n) is 11.5. The van der Waals surface area contributed by atoms with Crippen LogP contribution in [0.4, 0.5) is 4.39 Å². The molecule has 1 aliphatic heterocycles. The molecule has 0 aliphatic carbocycles. The summed E-state index contributed by atoms with van der Waals surface area (Å²) < 4.78 is 24.0. The maximum absolute atomic E-state index is 13.2. The highest BCUT2D eigenvalue weighted by Gasteiger charge is 2.30. The molecule has 0 radical (unpaired) electrons. The van der Waals surface area contributed by atoms with Gasteiger partial charge in [-0.05, 0) is 31.7 Å². The Kier molecular flexibility index (Phi) is 4.19. The summed E-state index contributed by atoms with van der Waals surface area (Å²) in [5.74, 6) is 0.456. The predicted molar refractivity (Wildman–Crippen MR) is 75.7 cm³/mol. The molecule has 2 heterocycles. The maximum Gasteiger partial charge on any atom is 0.233 e. The van der Waals surface area contributed by atoms with Gasteiger partial charge in [-0.2, -0.15) is 4.98 Å². The standard InChI is InChI=1S/C14H15ClFN3O2/c1-17-12-4-5-20-7-9(12)14-18-13(19-21-14)8-2-3-11(16)10(15)6-8/h2-3,6,9,12,17H,4-5,7H2,1H3. The minimum absolute atomic E-state index is 0.0147. The van der Waals surface area contributed by atoms with E-state index in [2.05, 4.69) is 15.5 Å². The Morgan fingerprint density at radius 1 is 1.43 bits per heavy atom. The molecule has 1 aliphatic rings. The van der Waals surface area contributed by atoms with Gasteiger partial charge in [0.2, 0.25) is 11.7 Å². The van der Waals surface area contributed by atoms with Crippen molar-refractivity contribution in [3.05, 3.63) is 34.9 Å². The molecule has 2 unspecified atom stereocenters. The van der Waals surface area contributed by atoms with Crippen LogP contribution >= 0.6 is 11.6 Å². The highest BCUT2D eigenvalue weighted by atomic mass is 35.5. The van der Waals surface area contributed by atoms with Gasteiger partial charge in [0.1, 0.15) is 5.82 Å². The van der Waals surface area contributed by atoms with E-state index in [1.54, 1.807) is 6.07 Å². The molecule has 7 heteroatoms. The van der Waals surface area contributed by atoms with E-state index in [0.29, 0.717) is 23.9 Å². The lowest BCUT2D eigenvalue weighted by Gasteiger charge is -2.28. The third-order valence-corrected chi connectivity index (χ3v) is 3.95. The van der Waals surface area contributed by atoms with Crippen molar-refractivity contribution in [2.24, 2.45) is 0 Å². The summed E-state index contributed by atoms with van der Waals surface area (Å²) in [7, 11) is 1.90. The van der Waals surface area contributed by atoms with E-state index in [4.69, 9.17) is 20.9 Å². The van der Waals surface area contributed by atoms with Gasteiger partial charge >= 0.3 is 0 Å². The first kappa shape index (κ1) is 14.4. The van der Waals surface area contributed by atoms with Crippen LogP contribution < -0.4 is 5.32 Å². The normalized spacial score (nSPS) is 22.4. The molecule has 0 spiro atoms. The van der Waals surface area contributed by atoms with Crippen LogP contribution in [0.5, 0.6) is 0 Å². The number of aromatic nitrogens is 2. The average molecular weight is 312 g/mol. The predicted octanol–water partition coefficient (Wildman–Crippen LogP) is 2.62. The molecule has 1 fully saturated rings. The minimum Gasteiger partial charge on any atom is -0.381 e. The van der Waals surface area contributed by atoms with Gasteiger partial charge in [-0.15, -0.1) is 0 Å². The Balaban J connectivity index is 1.86. The van der Waals surface area contributed by atoms with Crippen LogP contribution in [-0.2, 0) is 4.74 Å². The molecule has 2 aromatic rings. The number of ether oxygens (including phenoxy) is 1. The second kappa shape index (κ2) is 6.09. The molecule has 5 nitrogen and oxygen atoms in total. The first-order valence-corrected chi connectivity index (χ1v) is 7.11. The summed E-state index contributed by atoms with van der Waals surface area (Å²) >= 11 is 5.77. The SMILES string of the molecule is CNC1CCOCC1c1nc(-c2ccc(F)c(Cl)c2)no1. The number of nitrogens with one attached hydrogen (secondary N) is 1. The molecule has 0 amide bonds. The largest absolute Gasteiger partial charge is 0.381 e. The summed E-state index contributed by atoms with van der Waals surface area (Å²) in [6.07, 6.45) is 0.890. The molecule has 0 bridgehead atoms. The van der Waals surface area contributed by atoms with E-state index < -0.39 is 5.82 Å². The third kappa shape index (κ3) is 2.92. The van der Waals surface area contributed by atoms with Crippen LogP contribution in [0.3, 0.4) is 0 Å². The van der Waals surface area contributed by atoms with Crippen molar-refractivity contribution in [3.63, 3.8) is 0 Å². The van der Waals surface area contributed by atoms with Gasteiger partial charge in [-0.25, -0.2) is 4.39 Å². The maximum atomic E-state index is 13.2. The minimum atomic E-state index is -0.472. The van der Waals surface area contributed by atoms with Crippen molar-refractivity contribution in [1.82, 2.24) is 15.5 Å². The molecule has 1 aromatic carbocycles. The molecular formula is C14H15ClFN3O2. The monoisotopic (exact) mass is 311 g/mol. The van der Waals surface area contributed by atoms with Crippen molar-refractivity contribution < 1.29 is 13.7 Å². The fourth-order valence-electron chi connectivity index (χ4n) is 2.47. The van der Waals surface area contributed by atoms with Gasteiger partial charge in [0.25, 0.3) is 0 Å². The fourth-order valence-corrected chi connectivity index (χ4v) is 2.65. The van der Waals surface area contributed by atoms with Gasteiger partial charge in [0.15, 0.2) is 0 Å². The summed E-state index contributed by atoms with van der Waals surface area (Å²) in [6, 6.07) is 4.58. The first-order valence-electron chi connectivity index (χ1n) is 6.73. The summed E-state index contributed by atoms with van der Waals surface area (Å²) in [6.45, 7) is 1.26. The van der Waals surface area contributed by atoms with Crippen LogP contribution in [0, 0.1) is 5.82 Å². The summed E-state index contributed by atoms with van der Waals surface area (Å²) in [5, 5.41) is 7.23. The number of rotatable bonds is 3. The van der Waals surface area contributed by atoms with Gasteiger partial charge in [0.05, 0.1) is 17.5 Å². The van der Waals surface area contributed by atoms with Crippen molar-refractivity contribution in [3.8, 4) is 11.4 Å². The Morgan fingerprint density at radius 2 is 2.29 bits per heavy atom. The molecule has 1 N–H and O–H groups in total. The van der Waals surface area contributed by atoms with Gasteiger partial charge < -0.3 is 14.6 Å². The van der Waals surface area contributed by atoms with Crippen molar-refractivity contribution >= 4 is 11.6 Å². The smallest absolute Gasteiger partial charge is 0.233 e. The fraction of sp³-hybridized carbons (Fsp3) is 0.429. The van der Waals surface area contributed by atoms with Crippen molar-refractivity contribution in [2.45, 2.75) is 18.4 Å². The van der Waals surface area contributed by atoms with Crippen LogP contribution in [0.25, 0.3) is 11.4 Å². The van der Waals surface area contributed by atoms with Crippen LogP contribution in [0.15, 0.2) is 22.7 Å². The number of halogens is 2. The quantitative estimate of drug-likeness (QED) is 0.944. The highest BCUT2D eigenvalue weighted by Crippen LogP contribution is 2.28. The molecule has 2 atom stereocenters. The molecule has 0 saturated carbocycles. The number of hydrogen-bond donors (Lipinski definition) is 1. The van der Waals surface area contributed by atoms with Crippen molar-refractivity contribution in [1.29, 1.82) is 0 Å². The van der Waals surface area contributed by atoms with Crippen molar-refractivity contribution in [2.75, 3.05) is 20.3 Å². The van der Waals surface area contributed by atoms with E-state index in [-0.39, 0.29) is 17.0 Å². The number of nitrogens with zero attached hydrogens (tertiary/aromatic N) is 2. The van der Waals surface area contributed by atoms with Crippen LogP contribution in [-0.4, -0.2) is 36.4 Å². The number of hydrogen-bond acceptors (Lipinski definition) is 5. The topological polar surface area (TPSA) is 60.2 Å². The molecule has 1 saturated heterocycles. The Labute approximate surface area is 126 Å². The van der Waals surface area contributed by atoms with E-state index in [1.165, 1.54) is 12.1 Å². The van der Waals surface area contributed by atoms with E-state index in [1.807, 2.05) is 7.05 Å². The van der Waals surface area contributed by atoms with E-state index in [9.17, 15) is 4.39 Å². The average Bonchev–Trinajstić information content (AvgIpc) is 2.99. The summed E-state index contributed by atoms with van der Waals surface area (Å²) in [5.41, 5.74) is 0.620. The second-order valence-corrected chi connectivity index (χ2v) is 5.36. The zero-order chi connectivity index (χ0) is 14.8. The Bertz CT molecular complexity index is 634. The number of benzene rings is 1. The lowest BCUT2D eigenvalue weighted by molar-refractivity contribution is 0.0516. The highest BCUT2D eigenvalue weighted by molar-refractivity contribution is 6.31. The van der Waals surface area contributed by atoms with Crippen LogP contribution in [0.1, 0.15) is 18.2 Å².